The lowest BCUT2D eigenvalue weighted by molar-refractivity contribution is -0.122. The first kappa shape index (κ1) is 18.2. The minimum Gasteiger partial charge on any atom is -0.507 e. The predicted octanol–water partition coefficient (Wildman–Crippen LogP) is 3.29. The number of aryl methyl sites for hydroxylation is 1. The van der Waals surface area contributed by atoms with Crippen LogP contribution in [0.15, 0.2) is 78.9 Å². The van der Waals surface area contributed by atoms with Gasteiger partial charge in [0.2, 0.25) is 5.91 Å². The lowest BCUT2D eigenvalue weighted by Crippen LogP contribution is -2.44. The highest BCUT2D eigenvalue weighted by Gasteiger charge is 2.23. The van der Waals surface area contributed by atoms with Crippen molar-refractivity contribution in [2.24, 2.45) is 0 Å². The highest BCUT2D eigenvalue weighted by Crippen LogP contribution is 2.25. The number of hydrogen-bond acceptors (Lipinski definition) is 3. The fourth-order valence-corrected chi connectivity index (χ4v) is 2.89. The lowest BCUT2D eigenvalue weighted by Gasteiger charge is -2.18. The normalized spacial score (nSPS) is 10.4. The van der Waals surface area contributed by atoms with Crippen molar-refractivity contribution in [1.82, 2.24) is 10.9 Å². The summed E-state index contributed by atoms with van der Waals surface area (Å²) in [4.78, 5) is 25.2. The molecule has 2 amide bonds. The number of rotatable bonds is 4. The molecule has 3 aromatic rings. The molecule has 3 N–H and O–H groups in total. The summed E-state index contributed by atoms with van der Waals surface area (Å²) in [5.41, 5.74) is 7.18. The van der Waals surface area contributed by atoms with E-state index in [1.54, 1.807) is 19.1 Å². The van der Waals surface area contributed by atoms with Crippen molar-refractivity contribution >= 4 is 11.8 Å². The first-order chi connectivity index (χ1) is 13.1. The van der Waals surface area contributed by atoms with Crippen LogP contribution in [-0.4, -0.2) is 16.9 Å². The van der Waals surface area contributed by atoms with E-state index in [0.717, 1.165) is 11.1 Å². The van der Waals surface area contributed by atoms with Crippen LogP contribution >= 0.6 is 0 Å². The van der Waals surface area contributed by atoms with Gasteiger partial charge in [0.25, 0.3) is 5.91 Å². The van der Waals surface area contributed by atoms with Gasteiger partial charge >= 0.3 is 0 Å². The van der Waals surface area contributed by atoms with Gasteiger partial charge in [-0.1, -0.05) is 72.8 Å². The van der Waals surface area contributed by atoms with E-state index in [-0.39, 0.29) is 17.2 Å². The molecule has 3 aromatic carbocycles. The minimum absolute atomic E-state index is 0.103. The van der Waals surface area contributed by atoms with Crippen LogP contribution in [0.3, 0.4) is 0 Å². The Kier molecular flexibility index (Phi) is 5.52. The van der Waals surface area contributed by atoms with Gasteiger partial charge in [0.15, 0.2) is 0 Å². The van der Waals surface area contributed by atoms with Crippen molar-refractivity contribution in [3.8, 4) is 5.75 Å². The van der Waals surface area contributed by atoms with E-state index in [0.29, 0.717) is 5.56 Å². The summed E-state index contributed by atoms with van der Waals surface area (Å²) < 4.78 is 0. The fourth-order valence-electron chi connectivity index (χ4n) is 2.89. The summed E-state index contributed by atoms with van der Waals surface area (Å²) in [6, 6.07) is 23.5. The van der Waals surface area contributed by atoms with E-state index >= 15 is 0 Å². The number of aromatic hydroxyl groups is 1. The van der Waals surface area contributed by atoms with Crippen LogP contribution in [0.5, 0.6) is 5.75 Å². The molecule has 0 atom stereocenters. The highest BCUT2D eigenvalue weighted by atomic mass is 16.3. The van der Waals surface area contributed by atoms with Crippen LogP contribution in [0.25, 0.3) is 0 Å². The smallest absolute Gasteiger partial charge is 0.273 e. The Hall–Kier alpha value is -3.60. The second-order valence-electron chi connectivity index (χ2n) is 6.17. The quantitative estimate of drug-likeness (QED) is 0.625. The maximum atomic E-state index is 12.8. The zero-order valence-corrected chi connectivity index (χ0v) is 14.8. The summed E-state index contributed by atoms with van der Waals surface area (Å²) in [7, 11) is 0. The van der Waals surface area contributed by atoms with Crippen LogP contribution in [0.2, 0.25) is 0 Å². The van der Waals surface area contributed by atoms with Crippen molar-refractivity contribution in [3.05, 3.63) is 101 Å². The minimum atomic E-state index is -0.579. The molecule has 0 radical (unpaired) electrons. The molecule has 27 heavy (non-hydrogen) atoms. The Labute approximate surface area is 157 Å². The van der Waals surface area contributed by atoms with Gasteiger partial charge in [-0.15, -0.1) is 0 Å². The molecule has 3 rings (SSSR count). The summed E-state index contributed by atoms with van der Waals surface area (Å²) in [6.45, 7) is 1.70. The number of amides is 2. The maximum Gasteiger partial charge on any atom is 0.273 e. The van der Waals surface area contributed by atoms with Crippen LogP contribution < -0.4 is 10.9 Å². The van der Waals surface area contributed by atoms with Gasteiger partial charge in [0.05, 0.1) is 11.5 Å². The molecule has 0 heterocycles. The fraction of sp³-hybridized carbons (Fsp3) is 0.0909. The number of carbonyl (C=O) groups is 2. The molecule has 0 fully saturated rings. The van der Waals surface area contributed by atoms with Crippen LogP contribution in [-0.2, 0) is 4.79 Å². The van der Waals surface area contributed by atoms with E-state index in [9.17, 15) is 14.7 Å². The van der Waals surface area contributed by atoms with Crippen molar-refractivity contribution in [1.29, 1.82) is 0 Å². The van der Waals surface area contributed by atoms with Crippen molar-refractivity contribution in [2.75, 3.05) is 0 Å². The molecule has 0 aliphatic heterocycles. The van der Waals surface area contributed by atoms with E-state index < -0.39 is 11.8 Å². The van der Waals surface area contributed by atoms with E-state index in [2.05, 4.69) is 10.9 Å². The van der Waals surface area contributed by atoms with Crippen LogP contribution in [0, 0.1) is 6.92 Å². The number of phenols is 1. The molecular formula is C22H20N2O3. The second-order valence-corrected chi connectivity index (χ2v) is 6.17. The zero-order chi connectivity index (χ0) is 19.2. The standard InChI is InChI=1S/C22H20N2O3/c1-15-9-8-14-18(20(15)25)21(26)23-24-22(27)19(16-10-4-2-5-11-16)17-12-6-3-7-13-17/h2-14,19,25H,1H3,(H,23,26)(H,24,27). The Morgan fingerprint density at radius 2 is 1.33 bits per heavy atom. The average Bonchev–Trinajstić information content (AvgIpc) is 2.70. The largest absolute Gasteiger partial charge is 0.507 e. The number of phenolic OH excluding ortho intramolecular Hbond substituents is 1. The Bertz CT molecular complexity index is 901. The Morgan fingerprint density at radius 1 is 0.778 bits per heavy atom. The molecule has 0 saturated carbocycles. The molecule has 0 aliphatic rings. The third-order valence-electron chi connectivity index (χ3n) is 4.31. The van der Waals surface area contributed by atoms with E-state index in [4.69, 9.17) is 0 Å². The van der Waals surface area contributed by atoms with Gasteiger partial charge in [0.1, 0.15) is 5.75 Å². The van der Waals surface area contributed by atoms with Gasteiger partial charge < -0.3 is 5.11 Å². The SMILES string of the molecule is Cc1cccc(C(=O)NNC(=O)C(c2ccccc2)c2ccccc2)c1O. The van der Waals surface area contributed by atoms with Crippen LogP contribution in [0.1, 0.15) is 33.0 Å². The molecule has 0 bridgehead atoms. The number of para-hydroxylation sites is 1. The number of hydrogen-bond donors (Lipinski definition) is 3. The molecular weight excluding hydrogens is 340 g/mol. The third kappa shape index (κ3) is 4.15. The predicted molar refractivity (Wildman–Crippen MR) is 103 cm³/mol. The van der Waals surface area contributed by atoms with Gasteiger partial charge in [-0.3, -0.25) is 20.4 Å². The van der Waals surface area contributed by atoms with Gasteiger partial charge in [-0.2, -0.15) is 0 Å². The first-order valence-electron chi connectivity index (χ1n) is 8.56. The zero-order valence-electron chi connectivity index (χ0n) is 14.8. The molecule has 136 valence electrons. The summed E-state index contributed by atoms with van der Waals surface area (Å²) in [5, 5.41) is 10.0. The molecule has 5 nitrogen and oxygen atoms in total. The monoisotopic (exact) mass is 360 g/mol. The van der Waals surface area contributed by atoms with Crippen molar-refractivity contribution < 1.29 is 14.7 Å². The number of hydrazine groups is 1. The Morgan fingerprint density at radius 3 is 1.89 bits per heavy atom. The average molecular weight is 360 g/mol. The molecule has 0 spiro atoms. The Balaban J connectivity index is 1.79. The number of nitrogens with one attached hydrogen (secondary N) is 2. The summed E-state index contributed by atoms with van der Waals surface area (Å²) >= 11 is 0. The molecule has 0 aliphatic carbocycles. The topological polar surface area (TPSA) is 78.4 Å². The summed E-state index contributed by atoms with van der Waals surface area (Å²) in [5.74, 6) is -1.62. The summed E-state index contributed by atoms with van der Waals surface area (Å²) in [6.07, 6.45) is 0. The van der Waals surface area contributed by atoms with Gasteiger partial charge in [-0.25, -0.2) is 0 Å². The highest BCUT2D eigenvalue weighted by molar-refractivity contribution is 5.99. The van der Waals surface area contributed by atoms with Crippen molar-refractivity contribution in [3.63, 3.8) is 0 Å². The molecule has 0 unspecified atom stereocenters. The van der Waals surface area contributed by atoms with Gasteiger partial charge in [-0.05, 0) is 29.7 Å². The van der Waals surface area contributed by atoms with E-state index in [1.165, 1.54) is 6.07 Å². The van der Waals surface area contributed by atoms with Gasteiger partial charge in [0, 0.05) is 0 Å². The van der Waals surface area contributed by atoms with Crippen LogP contribution in [0.4, 0.5) is 0 Å². The third-order valence-corrected chi connectivity index (χ3v) is 4.31. The maximum absolute atomic E-state index is 12.8. The number of benzene rings is 3. The second kappa shape index (κ2) is 8.19. The molecule has 0 aromatic heterocycles. The first-order valence-corrected chi connectivity index (χ1v) is 8.56. The van der Waals surface area contributed by atoms with Crippen molar-refractivity contribution in [2.45, 2.75) is 12.8 Å². The molecule has 5 heteroatoms. The lowest BCUT2D eigenvalue weighted by atomic mass is 9.91. The number of carbonyl (C=O) groups excluding carboxylic acids is 2. The van der Waals surface area contributed by atoms with E-state index in [1.807, 2.05) is 60.7 Å². The molecule has 0 saturated heterocycles.